The van der Waals surface area contributed by atoms with Gasteiger partial charge in [-0.05, 0) is 29.7 Å². The van der Waals surface area contributed by atoms with Crippen LogP contribution in [0.5, 0.6) is 0 Å². The van der Waals surface area contributed by atoms with E-state index in [1.54, 1.807) is 6.07 Å². The summed E-state index contributed by atoms with van der Waals surface area (Å²) < 4.78 is 42.4. The van der Waals surface area contributed by atoms with Crippen LogP contribution >= 0.6 is 0 Å². The van der Waals surface area contributed by atoms with E-state index in [0.29, 0.717) is 10.6 Å². The molecule has 2 aromatic rings. The van der Waals surface area contributed by atoms with E-state index in [4.69, 9.17) is 0 Å². The van der Waals surface area contributed by atoms with Gasteiger partial charge in [0.1, 0.15) is 6.04 Å². The number of pyridine rings is 1. The lowest BCUT2D eigenvalue weighted by Crippen LogP contribution is -2.49. The Balaban J connectivity index is 1.53. The van der Waals surface area contributed by atoms with E-state index in [2.05, 4.69) is 36.3 Å². The van der Waals surface area contributed by atoms with Crippen LogP contribution in [0, 0.1) is 0 Å². The minimum Gasteiger partial charge on any atom is -0.391 e. The molecule has 0 unspecified atom stereocenters. The van der Waals surface area contributed by atoms with E-state index in [9.17, 15) is 27.9 Å². The van der Waals surface area contributed by atoms with E-state index in [1.807, 2.05) is 12.1 Å². The van der Waals surface area contributed by atoms with Crippen LogP contribution in [-0.4, -0.2) is 69.7 Å². The number of hydrogen-bond donors (Lipinski definition) is 2. The van der Waals surface area contributed by atoms with Gasteiger partial charge in [-0.2, -0.15) is 13.2 Å². The average molecular weight is 505 g/mol. The molecule has 36 heavy (non-hydrogen) atoms. The highest BCUT2D eigenvalue weighted by Crippen LogP contribution is 2.41. The van der Waals surface area contributed by atoms with Crippen LogP contribution in [0.15, 0.2) is 42.6 Å². The van der Waals surface area contributed by atoms with Crippen molar-refractivity contribution in [3.8, 4) is 0 Å². The lowest BCUT2D eigenvalue weighted by atomic mass is 9.83. The summed E-state index contributed by atoms with van der Waals surface area (Å²) in [5.41, 5.74) is 2.55. The Morgan fingerprint density at radius 1 is 1.22 bits per heavy atom. The molecule has 2 N–H and O–H groups in total. The van der Waals surface area contributed by atoms with Crippen molar-refractivity contribution in [2.75, 3.05) is 18.9 Å². The van der Waals surface area contributed by atoms with Crippen LogP contribution in [0.2, 0.25) is 0 Å². The molecule has 0 saturated carbocycles. The fraction of sp³-hybridized carbons (Fsp3) is 0.500. The van der Waals surface area contributed by atoms with Gasteiger partial charge < -0.3 is 20.2 Å². The van der Waals surface area contributed by atoms with Crippen molar-refractivity contribution < 1.29 is 27.9 Å². The molecule has 4 atom stereocenters. The first-order chi connectivity index (χ1) is 16.8. The zero-order chi connectivity index (χ0) is 26.4. The van der Waals surface area contributed by atoms with Gasteiger partial charge in [0.2, 0.25) is 11.8 Å². The number of aliphatic hydroxyl groups is 1. The molecule has 1 aliphatic carbocycles. The Morgan fingerprint density at radius 3 is 2.50 bits per heavy atom. The Bertz CT molecular complexity index is 1140. The summed E-state index contributed by atoms with van der Waals surface area (Å²) in [6.07, 6.45) is -3.72. The monoisotopic (exact) mass is 504 g/mol. The topological polar surface area (TPSA) is 85.8 Å². The number of nitrogens with one attached hydrogen (secondary N) is 1. The average Bonchev–Trinajstić information content (AvgIpc) is 3.31. The molecule has 2 aliphatic rings. The minimum absolute atomic E-state index is 0.0385. The number of carbonyl (C=O) groups is 2. The number of fused-ring (bicyclic) bond motifs is 1. The largest absolute Gasteiger partial charge is 0.414 e. The Hall–Kier alpha value is -3.14. The highest BCUT2D eigenvalue weighted by Gasteiger charge is 2.49. The number of likely N-dealkylation sites (tertiary alicyclic amines) is 1. The number of aliphatic hydroxyl groups excluding tert-OH is 1. The molecule has 1 aliphatic heterocycles. The number of nitrogens with zero attached hydrogens (tertiary/aromatic N) is 3. The first kappa shape index (κ1) is 25.9. The zero-order valence-corrected chi connectivity index (χ0v) is 20.7. The van der Waals surface area contributed by atoms with Crippen LogP contribution in [0.1, 0.15) is 50.1 Å². The summed E-state index contributed by atoms with van der Waals surface area (Å²) >= 11 is 0. The number of carbonyl (C=O) groups excluding carboxylic acids is 2. The predicted molar refractivity (Wildman–Crippen MR) is 128 cm³/mol. The van der Waals surface area contributed by atoms with E-state index in [0.717, 1.165) is 18.4 Å². The van der Waals surface area contributed by atoms with Crippen molar-refractivity contribution in [3.05, 3.63) is 59.4 Å². The molecular formula is C26H31F3N4O3. The van der Waals surface area contributed by atoms with Gasteiger partial charge in [-0.1, -0.05) is 38.1 Å². The van der Waals surface area contributed by atoms with Gasteiger partial charge in [0, 0.05) is 38.4 Å². The summed E-state index contributed by atoms with van der Waals surface area (Å²) in [4.78, 5) is 30.7. The molecule has 194 valence electrons. The number of likely N-dealkylation sites (N-methyl/N-ethyl adjacent to an activating group) is 1. The van der Waals surface area contributed by atoms with E-state index in [1.165, 1.54) is 30.3 Å². The maximum absolute atomic E-state index is 14.1. The molecule has 1 aromatic carbocycles. The third-order valence-corrected chi connectivity index (χ3v) is 7.43. The Kier molecular flexibility index (Phi) is 6.76. The summed E-state index contributed by atoms with van der Waals surface area (Å²) in [6, 6.07) is 7.56. The number of halogens is 3. The highest BCUT2D eigenvalue weighted by molar-refractivity contribution is 5.87. The van der Waals surface area contributed by atoms with Crippen LogP contribution in [0.3, 0.4) is 0 Å². The molecule has 0 bridgehead atoms. The third-order valence-electron chi connectivity index (χ3n) is 7.43. The molecule has 2 heterocycles. The van der Waals surface area contributed by atoms with E-state index < -0.39 is 36.2 Å². The predicted octanol–water partition coefficient (Wildman–Crippen LogP) is 3.44. The van der Waals surface area contributed by atoms with Gasteiger partial charge in [0.05, 0.1) is 23.7 Å². The first-order valence-electron chi connectivity index (χ1n) is 11.9. The number of alkyl halides is 3. The van der Waals surface area contributed by atoms with Gasteiger partial charge in [0.25, 0.3) is 0 Å². The Labute approximate surface area is 208 Å². The summed E-state index contributed by atoms with van der Waals surface area (Å²) in [6.45, 7) is 5.39. The fourth-order valence-corrected chi connectivity index (χ4v) is 5.42. The number of benzene rings is 1. The number of anilines is 1. The van der Waals surface area contributed by atoms with Gasteiger partial charge in [-0.25, -0.2) is 0 Å². The number of aromatic nitrogens is 1. The third kappa shape index (κ3) is 4.78. The van der Waals surface area contributed by atoms with Crippen molar-refractivity contribution in [1.29, 1.82) is 0 Å². The van der Waals surface area contributed by atoms with Crippen LogP contribution in [-0.2, 0) is 21.4 Å². The lowest BCUT2D eigenvalue weighted by molar-refractivity contribution is -0.191. The van der Waals surface area contributed by atoms with Crippen molar-refractivity contribution >= 4 is 17.5 Å². The molecule has 0 spiro atoms. The highest BCUT2D eigenvalue weighted by atomic mass is 19.4. The van der Waals surface area contributed by atoms with Crippen molar-refractivity contribution in [2.45, 2.75) is 69.4 Å². The maximum atomic E-state index is 14.1. The number of β-amino-alcohol motifs (C(OH)–C–C–N with tert-alkyl or cyclic N) is 1. The number of rotatable bonds is 5. The second-order valence-corrected chi connectivity index (χ2v) is 10.2. The normalized spacial score (nSPS) is 23.8. The Morgan fingerprint density at radius 2 is 1.92 bits per heavy atom. The maximum Gasteiger partial charge on any atom is 0.414 e. The van der Waals surface area contributed by atoms with E-state index in [-0.39, 0.29) is 30.1 Å². The van der Waals surface area contributed by atoms with Crippen LogP contribution < -0.4 is 5.32 Å². The lowest BCUT2D eigenvalue weighted by Gasteiger charge is -2.33. The molecular weight excluding hydrogens is 473 g/mol. The van der Waals surface area contributed by atoms with Crippen molar-refractivity contribution in [2.24, 2.45) is 0 Å². The molecule has 2 amide bonds. The van der Waals surface area contributed by atoms with Gasteiger partial charge in [-0.15, -0.1) is 0 Å². The summed E-state index contributed by atoms with van der Waals surface area (Å²) in [7, 11) is 1.05. The number of hydrogen-bond acceptors (Lipinski definition) is 5. The second kappa shape index (κ2) is 9.38. The smallest absolute Gasteiger partial charge is 0.391 e. The molecule has 10 heteroatoms. The van der Waals surface area contributed by atoms with Crippen molar-refractivity contribution in [3.63, 3.8) is 0 Å². The van der Waals surface area contributed by atoms with Gasteiger partial charge >= 0.3 is 6.18 Å². The molecule has 7 nitrogen and oxygen atoms in total. The number of amides is 2. The molecule has 1 aromatic heterocycles. The van der Waals surface area contributed by atoms with Gasteiger partial charge in [-0.3, -0.25) is 14.6 Å². The summed E-state index contributed by atoms with van der Waals surface area (Å²) in [5.74, 6) is -1.37. The molecule has 4 rings (SSSR count). The molecule has 0 radical (unpaired) electrons. The van der Waals surface area contributed by atoms with E-state index >= 15 is 0 Å². The SMILES string of the molecule is CC(=O)N1C[C@H](O)C[C@H]1C(=O)N(C)[C@@H](c1ccc(N[C@H]2Cc3ccccc3C2(C)C)cn1)C(F)(F)F. The zero-order valence-electron chi connectivity index (χ0n) is 20.7. The first-order valence-corrected chi connectivity index (χ1v) is 11.9. The second-order valence-electron chi connectivity index (χ2n) is 10.2. The molecule has 1 fully saturated rings. The van der Waals surface area contributed by atoms with Gasteiger partial charge in [0.15, 0.2) is 6.04 Å². The quantitative estimate of drug-likeness (QED) is 0.652. The molecule has 1 saturated heterocycles. The van der Waals surface area contributed by atoms with Crippen LogP contribution in [0.25, 0.3) is 0 Å². The van der Waals surface area contributed by atoms with Crippen molar-refractivity contribution in [1.82, 2.24) is 14.8 Å². The minimum atomic E-state index is -4.79. The fourth-order valence-electron chi connectivity index (χ4n) is 5.42. The van der Waals surface area contributed by atoms with Crippen LogP contribution in [0.4, 0.5) is 18.9 Å². The summed E-state index contributed by atoms with van der Waals surface area (Å²) in [5, 5.41) is 13.3. The standard InChI is InChI=1S/C26H31F3N4O3/c1-15(34)33-14-18(35)12-21(33)24(36)32(4)23(26(27,28)29)20-10-9-17(13-30-20)31-22-11-16-7-5-6-8-19(16)25(22,2)3/h5-10,13,18,21-23,31,35H,11-12,14H2,1-4H3/t18-,21+,22+,23+/m1/s1.